The molecule has 2 rings (SSSR count). The quantitative estimate of drug-likeness (QED) is 0.849. The average molecular weight is 234 g/mol. The van der Waals surface area contributed by atoms with Gasteiger partial charge in [-0.25, -0.2) is 4.98 Å². The average Bonchev–Trinajstić information content (AvgIpc) is 2.79. The minimum absolute atomic E-state index is 0.467. The predicted molar refractivity (Wildman–Crippen MR) is 59.9 cm³/mol. The number of nitrogens with one attached hydrogen (secondary N) is 2. The maximum absolute atomic E-state index is 8.90. The second kappa shape index (κ2) is 4.64. The molecule has 5 nitrogen and oxygen atoms in total. The molecule has 0 amide bonds. The van der Waals surface area contributed by atoms with Gasteiger partial charge in [-0.1, -0.05) is 11.6 Å². The van der Waals surface area contributed by atoms with E-state index in [2.05, 4.69) is 26.6 Å². The van der Waals surface area contributed by atoms with E-state index in [0.717, 1.165) is 0 Å². The zero-order chi connectivity index (χ0) is 11.4. The lowest BCUT2D eigenvalue weighted by Crippen LogP contribution is -2.02. The number of rotatable bonds is 3. The van der Waals surface area contributed by atoms with Crippen molar-refractivity contribution < 1.29 is 0 Å². The highest BCUT2D eigenvalue weighted by Crippen LogP contribution is 2.20. The number of aromatic amines is 1. The summed E-state index contributed by atoms with van der Waals surface area (Å²) in [5.74, 6) is 0.698. The van der Waals surface area contributed by atoms with Gasteiger partial charge in [0.2, 0.25) is 0 Å². The predicted octanol–water partition coefficient (Wildman–Crippen LogP) is 1.94. The van der Waals surface area contributed by atoms with E-state index < -0.39 is 0 Å². The van der Waals surface area contributed by atoms with Crippen LogP contribution in [0.4, 0.5) is 5.69 Å². The summed E-state index contributed by atoms with van der Waals surface area (Å²) in [6.07, 6.45) is 1.43. The van der Waals surface area contributed by atoms with Gasteiger partial charge >= 0.3 is 0 Å². The molecular weight excluding hydrogens is 226 g/mol. The molecule has 0 aliphatic carbocycles. The van der Waals surface area contributed by atoms with Crippen LogP contribution in [0.15, 0.2) is 24.5 Å². The van der Waals surface area contributed by atoms with Crippen LogP contribution in [0.25, 0.3) is 0 Å². The summed E-state index contributed by atoms with van der Waals surface area (Å²) >= 11 is 5.85. The van der Waals surface area contributed by atoms with E-state index in [0.29, 0.717) is 28.6 Å². The van der Waals surface area contributed by atoms with Crippen LogP contribution in [-0.4, -0.2) is 15.2 Å². The summed E-state index contributed by atoms with van der Waals surface area (Å²) < 4.78 is 0. The van der Waals surface area contributed by atoms with Gasteiger partial charge in [0.05, 0.1) is 17.8 Å². The Hall–Kier alpha value is -2.06. The molecule has 0 atom stereocenters. The first-order chi connectivity index (χ1) is 7.79. The molecule has 0 aliphatic rings. The van der Waals surface area contributed by atoms with Crippen LogP contribution in [0.2, 0.25) is 5.02 Å². The molecular formula is C10H8ClN5. The van der Waals surface area contributed by atoms with Crippen molar-refractivity contribution in [3.05, 3.63) is 40.9 Å². The minimum atomic E-state index is 0.467. The van der Waals surface area contributed by atoms with Crippen molar-refractivity contribution >= 4 is 17.3 Å². The van der Waals surface area contributed by atoms with Gasteiger partial charge in [-0.05, 0) is 18.2 Å². The molecule has 6 heteroatoms. The zero-order valence-electron chi connectivity index (χ0n) is 8.24. The number of hydrogen-bond acceptors (Lipinski definition) is 4. The molecule has 1 heterocycles. The Morgan fingerprint density at radius 1 is 1.50 bits per heavy atom. The van der Waals surface area contributed by atoms with Gasteiger partial charge in [-0.2, -0.15) is 10.4 Å². The molecule has 0 radical (unpaired) electrons. The largest absolute Gasteiger partial charge is 0.377 e. The SMILES string of the molecule is N#Cc1ccc(Cl)cc1NCc1ncn[nH]1. The van der Waals surface area contributed by atoms with E-state index in [-0.39, 0.29) is 0 Å². The Labute approximate surface area is 97.1 Å². The summed E-state index contributed by atoms with van der Waals surface area (Å²) in [4.78, 5) is 3.96. The Balaban J connectivity index is 2.15. The lowest BCUT2D eigenvalue weighted by molar-refractivity contribution is 0.954. The van der Waals surface area contributed by atoms with Crippen LogP contribution < -0.4 is 5.32 Å². The molecule has 0 unspecified atom stereocenters. The number of benzene rings is 1. The van der Waals surface area contributed by atoms with E-state index >= 15 is 0 Å². The maximum atomic E-state index is 8.90. The zero-order valence-corrected chi connectivity index (χ0v) is 8.99. The Morgan fingerprint density at radius 3 is 3.06 bits per heavy atom. The maximum Gasteiger partial charge on any atom is 0.143 e. The second-order valence-electron chi connectivity index (χ2n) is 3.09. The van der Waals surface area contributed by atoms with E-state index in [4.69, 9.17) is 16.9 Å². The van der Waals surface area contributed by atoms with Crippen molar-refractivity contribution in [1.82, 2.24) is 15.2 Å². The molecule has 0 saturated heterocycles. The number of nitrogens with zero attached hydrogens (tertiary/aromatic N) is 3. The van der Waals surface area contributed by atoms with Gasteiger partial charge in [-0.3, -0.25) is 5.10 Å². The minimum Gasteiger partial charge on any atom is -0.377 e. The first-order valence-corrected chi connectivity index (χ1v) is 4.95. The van der Waals surface area contributed by atoms with Crippen LogP contribution >= 0.6 is 11.6 Å². The molecule has 0 saturated carbocycles. The second-order valence-corrected chi connectivity index (χ2v) is 3.52. The van der Waals surface area contributed by atoms with Crippen molar-refractivity contribution in [2.24, 2.45) is 0 Å². The standard InChI is InChI=1S/C10H8ClN5/c11-8-2-1-7(4-12)9(3-8)13-5-10-14-6-15-16-10/h1-3,6,13H,5H2,(H,14,15,16). The van der Waals surface area contributed by atoms with Gasteiger partial charge in [-0.15, -0.1) is 0 Å². The summed E-state index contributed by atoms with van der Waals surface area (Å²) in [6.45, 7) is 0.467. The number of anilines is 1. The molecule has 2 N–H and O–H groups in total. The summed E-state index contributed by atoms with van der Waals surface area (Å²) in [5.41, 5.74) is 1.23. The summed E-state index contributed by atoms with van der Waals surface area (Å²) in [6, 6.07) is 7.14. The lowest BCUT2D eigenvalue weighted by Gasteiger charge is -2.06. The third-order valence-electron chi connectivity index (χ3n) is 2.01. The molecule has 0 fully saturated rings. The Bertz CT molecular complexity index is 515. The fourth-order valence-corrected chi connectivity index (χ4v) is 1.43. The van der Waals surface area contributed by atoms with Crippen LogP contribution in [0, 0.1) is 11.3 Å². The van der Waals surface area contributed by atoms with Gasteiger partial charge in [0.1, 0.15) is 18.2 Å². The molecule has 2 aromatic rings. The monoisotopic (exact) mass is 233 g/mol. The van der Waals surface area contributed by atoms with Gasteiger partial charge < -0.3 is 5.32 Å². The number of nitriles is 1. The molecule has 16 heavy (non-hydrogen) atoms. The highest BCUT2D eigenvalue weighted by atomic mass is 35.5. The van der Waals surface area contributed by atoms with Crippen LogP contribution in [0.3, 0.4) is 0 Å². The van der Waals surface area contributed by atoms with Crippen LogP contribution in [-0.2, 0) is 6.54 Å². The van der Waals surface area contributed by atoms with Gasteiger partial charge in [0.25, 0.3) is 0 Å². The highest BCUT2D eigenvalue weighted by molar-refractivity contribution is 6.30. The Kier molecular flexibility index (Phi) is 3.03. The van der Waals surface area contributed by atoms with Crippen LogP contribution in [0.1, 0.15) is 11.4 Å². The smallest absolute Gasteiger partial charge is 0.143 e. The van der Waals surface area contributed by atoms with Crippen molar-refractivity contribution in [1.29, 1.82) is 5.26 Å². The first kappa shape index (κ1) is 10.5. The van der Waals surface area contributed by atoms with Crippen molar-refractivity contribution in [2.75, 3.05) is 5.32 Å². The molecule has 0 aliphatic heterocycles. The van der Waals surface area contributed by atoms with Crippen LogP contribution in [0.5, 0.6) is 0 Å². The molecule has 1 aromatic carbocycles. The molecule has 80 valence electrons. The molecule has 0 spiro atoms. The Morgan fingerprint density at radius 2 is 2.38 bits per heavy atom. The fraction of sp³-hybridized carbons (Fsp3) is 0.100. The summed E-state index contributed by atoms with van der Waals surface area (Å²) in [5, 5.41) is 19.0. The van der Waals surface area contributed by atoms with E-state index in [1.54, 1.807) is 18.2 Å². The van der Waals surface area contributed by atoms with E-state index in [9.17, 15) is 0 Å². The van der Waals surface area contributed by atoms with Crippen molar-refractivity contribution in [3.8, 4) is 6.07 Å². The highest BCUT2D eigenvalue weighted by Gasteiger charge is 2.03. The summed E-state index contributed by atoms with van der Waals surface area (Å²) in [7, 11) is 0. The third kappa shape index (κ3) is 2.30. The molecule has 1 aromatic heterocycles. The number of aromatic nitrogens is 3. The number of halogens is 1. The number of H-pyrrole nitrogens is 1. The fourth-order valence-electron chi connectivity index (χ4n) is 1.26. The van der Waals surface area contributed by atoms with E-state index in [1.165, 1.54) is 6.33 Å². The first-order valence-electron chi connectivity index (χ1n) is 4.57. The number of hydrogen-bond donors (Lipinski definition) is 2. The van der Waals surface area contributed by atoms with Crippen molar-refractivity contribution in [2.45, 2.75) is 6.54 Å². The van der Waals surface area contributed by atoms with Crippen molar-refractivity contribution in [3.63, 3.8) is 0 Å². The normalized spacial score (nSPS) is 9.75. The molecule has 0 bridgehead atoms. The third-order valence-corrected chi connectivity index (χ3v) is 2.25. The topological polar surface area (TPSA) is 77.4 Å². The lowest BCUT2D eigenvalue weighted by atomic mass is 10.2. The van der Waals surface area contributed by atoms with E-state index in [1.807, 2.05) is 0 Å². The van der Waals surface area contributed by atoms with Gasteiger partial charge in [0, 0.05) is 5.02 Å². The van der Waals surface area contributed by atoms with Gasteiger partial charge in [0.15, 0.2) is 0 Å².